The van der Waals surface area contributed by atoms with Crippen molar-refractivity contribution < 1.29 is 14.8 Å². The van der Waals surface area contributed by atoms with Gasteiger partial charge in [0.1, 0.15) is 11.4 Å². The fraction of sp³-hybridized carbons (Fsp3) is 0.526. The molecule has 4 aliphatic carbocycles. The largest absolute Gasteiger partial charge is 0.552 e. The van der Waals surface area contributed by atoms with Gasteiger partial charge in [-0.05, 0) is 73.4 Å². The second kappa shape index (κ2) is 4.68. The lowest BCUT2D eigenvalue weighted by atomic mass is 9.48. The molecule has 0 amide bonds. The van der Waals surface area contributed by atoms with Gasteiger partial charge in [-0.25, -0.2) is 4.98 Å². The van der Waals surface area contributed by atoms with Gasteiger partial charge in [0.05, 0.1) is 11.8 Å². The summed E-state index contributed by atoms with van der Waals surface area (Å²) in [5.41, 5.74) is 2.70. The van der Waals surface area contributed by atoms with E-state index in [-0.39, 0.29) is 0 Å². The molecule has 5 aliphatic rings. The monoisotopic (exact) mass is 336 g/mol. The van der Waals surface area contributed by atoms with Crippen LogP contribution in [0.15, 0.2) is 24.4 Å². The molecule has 0 spiro atoms. The first-order valence-corrected chi connectivity index (χ1v) is 9.35. The molecule has 4 saturated carbocycles. The average Bonchev–Trinajstić information content (AvgIpc) is 3.00. The number of pyridine rings is 1. The van der Waals surface area contributed by atoms with E-state index < -0.39 is 12.7 Å². The number of nitrogens with one attached hydrogen (secondary N) is 1. The first-order chi connectivity index (χ1) is 12.1. The topological polar surface area (TPSA) is 78.4 Å². The Morgan fingerprint density at radius 3 is 2.80 bits per heavy atom. The first-order valence-electron chi connectivity index (χ1n) is 9.35. The Balaban J connectivity index is 1.52. The van der Waals surface area contributed by atoms with Gasteiger partial charge < -0.3 is 19.8 Å². The Kier molecular flexibility index (Phi) is 2.69. The zero-order valence-electron chi connectivity index (χ0n) is 14.0. The summed E-state index contributed by atoms with van der Waals surface area (Å²) in [7, 11) is -0.916. The Bertz CT molecular complexity index is 891. The molecule has 4 fully saturated rings. The third-order valence-corrected chi connectivity index (χ3v) is 7.01. The van der Waals surface area contributed by atoms with Gasteiger partial charge >= 0.3 is 7.12 Å². The maximum Gasteiger partial charge on any atom is 0.552 e. The molecule has 2 atom stereocenters. The highest BCUT2D eigenvalue weighted by Gasteiger charge is 2.56. The van der Waals surface area contributed by atoms with E-state index in [9.17, 15) is 10.1 Å². The van der Waals surface area contributed by atoms with Gasteiger partial charge in [0.15, 0.2) is 0 Å². The lowest BCUT2D eigenvalue weighted by Crippen LogP contribution is -2.55. The number of hydrogen-bond donors (Lipinski definition) is 3. The molecule has 4 bridgehead atoms. The highest BCUT2D eigenvalue weighted by Crippen LogP contribution is 2.62. The first kappa shape index (κ1) is 14.4. The highest BCUT2D eigenvalue weighted by molar-refractivity contribution is 6.52. The molecular formula is C19H21BN2O3. The summed E-state index contributed by atoms with van der Waals surface area (Å²) in [4.78, 5) is 7.59. The van der Waals surface area contributed by atoms with Crippen LogP contribution in [-0.4, -0.2) is 32.8 Å². The minimum atomic E-state index is -0.916. The number of nitrogens with zero attached hydrogens (tertiary/aromatic N) is 1. The van der Waals surface area contributed by atoms with Crippen molar-refractivity contribution in [2.45, 2.75) is 37.7 Å². The minimum absolute atomic E-state index is 0.398. The number of aliphatic hydroxyl groups is 1. The molecule has 5 nitrogen and oxygen atoms in total. The van der Waals surface area contributed by atoms with Crippen LogP contribution in [0.2, 0.25) is 0 Å². The molecule has 6 heteroatoms. The number of hydrogen-bond acceptors (Lipinski definition) is 4. The van der Waals surface area contributed by atoms with E-state index >= 15 is 0 Å². The van der Waals surface area contributed by atoms with Gasteiger partial charge in [-0.1, -0.05) is 0 Å². The van der Waals surface area contributed by atoms with Crippen LogP contribution in [0.1, 0.15) is 37.7 Å². The van der Waals surface area contributed by atoms with Crippen LogP contribution >= 0.6 is 0 Å². The lowest BCUT2D eigenvalue weighted by Gasteiger charge is -2.59. The molecule has 25 heavy (non-hydrogen) atoms. The van der Waals surface area contributed by atoms with Crippen LogP contribution in [0, 0.1) is 23.7 Å². The SMILES string of the molecule is OB1C=C(C2C3CC4CC2CC(O)(C4)C3)c2c(cnc3[nH]ccc23)O1. The molecule has 1 aliphatic heterocycles. The maximum atomic E-state index is 10.9. The number of allylic oxidation sites excluding steroid dienone is 1. The second-order valence-electron chi connectivity index (χ2n) is 8.59. The predicted octanol–water partition coefficient (Wildman–Crippen LogP) is 2.55. The van der Waals surface area contributed by atoms with Crippen molar-refractivity contribution in [3.63, 3.8) is 0 Å². The molecule has 3 heterocycles. The Morgan fingerprint density at radius 1 is 1.24 bits per heavy atom. The molecule has 0 saturated heterocycles. The quantitative estimate of drug-likeness (QED) is 0.700. The van der Waals surface area contributed by atoms with E-state index in [1.807, 2.05) is 18.2 Å². The molecule has 2 aromatic heterocycles. The van der Waals surface area contributed by atoms with Crippen molar-refractivity contribution in [1.29, 1.82) is 0 Å². The molecular weight excluding hydrogens is 315 g/mol. The van der Waals surface area contributed by atoms with Crippen LogP contribution in [0.25, 0.3) is 16.6 Å². The fourth-order valence-electron chi connectivity index (χ4n) is 6.54. The number of rotatable bonds is 1. The summed E-state index contributed by atoms with van der Waals surface area (Å²) in [6.07, 6.45) is 8.81. The van der Waals surface area contributed by atoms with E-state index in [1.165, 1.54) is 18.4 Å². The molecule has 0 aromatic carbocycles. The molecule has 128 valence electrons. The van der Waals surface area contributed by atoms with Gasteiger partial charge in [0.25, 0.3) is 0 Å². The third-order valence-electron chi connectivity index (χ3n) is 7.01. The van der Waals surface area contributed by atoms with E-state index in [0.29, 0.717) is 29.4 Å². The van der Waals surface area contributed by atoms with E-state index in [4.69, 9.17) is 4.65 Å². The third kappa shape index (κ3) is 1.95. The van der Waals surface area contributed by atoms with Crippen molar-refractivity contribution in [1.82, 2.24) is 9.97 Å². The highest BCUT2D eigenvalue weighted by atomic mass is 16.5. The number of aromatic amines is 1. The zero-order valence-corrected chi connectivity index (χ0v) is 14.0. The molecule has 0 radical (unpaired) electrons. The van der Waals surface area contributed by atoms with Gasteiger partial charge in [-0.15, -0.1) is 0 Å². The molecule has 7 rings (SSSR count). The zero-order chi connectivity index (χ0) is 16.8. The molecule has 3 N–H and O–H groups in total. The van der Waals surface area contributed by atoms with E-state index in [0.717, 1.165) is 35.9 Å². The Hall–Kier alpha value is -1.79. The smallest absolute Gasteiger partial charge is 0.531 e. The van der Waals surface area contributed by atoms with Crippen LogP contribution in [-0.2, 0) is 0 Å². The van der Waals surface area contributed by atoms with Gasteiger partial charge in [-0.2, -0.15) is 0 Å². The maximum absolute atomic E-state index is 10.9. The van der Waals surface area contributed by atoms with Gasteiger partial charge in [0.2, 0.25) is 0 Å². The molecule has 2 unspecified atom stereocenters. The number of aromatic nitrogens is 2. The van der Waals surface area contributed by atoms with Crippen LogP contribution in [0.3, 0.4) is 0 Å². The van der Waals surface area contributed by atoms with Crippen molar-refractivity contribution in [3.8, 4) is 5.75 Å². The minimum Gasteiger partial charge on any atom is -0.531 e. The summed E-state index contributed by atoms with van der Waals surface area (Å²) in [5.74, 6) is 4.64. The molecule has 2 aromatic rings. The van der Waals surface area contributed by atoms with Gasteiger partial charge in [-0.3, -0.25) is 0 Å². The second-order valence-corrected chi connectivity index (χ2v) is 8.59. The number of fused-ring (bicyclic) bond motifs is 3. The summed E-state index contributed by atoms with van der Waals surface area (Å²) in [5, 5.41) is 22.2. The summed E-state index contributed by atoms with van der Waals surface area (Å²) in [6, 6.07) is 2.04. The summed E-state index contributed by atoms with van der Waals surface area (Å²) < 4.78 is 5.66. The average molecular weight is 336 g/mol. The van der Waals surface area contributed by atoms with E-state index in [2.05, 4.69) is 9.97 Å². The normalized spacial score (nSPS) is 38.6. The Morgan fingerprint density at radius 2 is 2.04 bits per heavy atom. The van der Waals surface area contributed by atoms with Crippen molar-refractivity contribution in [2.24, 2.45) is 23.7 Å². The number of H-pyrrole nitrogens is 1. The van der Waals surface area contributed by atoms with Crippen LogP contribution in [0.5, 0.6) is 5.75 Å². The van der Waals surface area contributed by atoms with E-state index in [1.54, 1.807) is 6.20 Å². The van der Waals surface area contributed by atoms with Crippen LogP contribution < -0.4 is 4.65 Å². The summed E-state index contributed by atoms with van der Waals surface area (Å²) in [6.45, 7) is 0. The Labute approximate surface area is 146 Å². The van der Waals surface area contributed by atoms with Crippen LogP contribution in [0.4, 0.5) is 0 Å². The van der Waals surface area contributed by atoms with Crippen molar-refractivity contribution >= 4 is 23.7 Å². The van der Waals surface area contributed by atoms with Crippen molar-refractivity contribution in [3.05, 3.63) is 30.0 Å². The lowest BCUT2D eigenvalue weighted by molar-refractivity contribution is -0.139. The van der Waals surface area contributed by atoms with Crippen molar-refractivity contribution in [2.75, 3.05) is 0 Å². The van der Waals surface area contributed by atoms with Gasteiger partial charge in [0, 0.05) is 17.1 Å². The fourth-order valence-corrected chi connectivity index (χ4v) is 6.54. The summed E-state index contributed by atoms with van der Waals surface area (Å²) >= 11 is 0. The standard InChI is InChI=1S/C19H21BN2O3/c23-19-5-10-3-11(6-19)16(12(4-10)7-19)14-8-20(24)25-15-9-22-18-13(17(14)15)1-2-21-18/h1-2,8-12,16,23-24H,3-7H2,(H,21,22). The predicted molar refractivity (Wildman–Crippen MR) is 94.7 cm³/mol.